The van der Waals surface area contributed by atoms with Crippen molar-refractivity contribution in [3.05, 3.63) is 35.7 Å². The van der Waals surface area contributed by atoms with Crippen LogP contribution in [0.1, 0.15) is 24.8 Å². The second-order valence-corrected chi connectivity index (χ2v) is 6.01. The molecule has 0 aliphatic carbocycles. The summed E-state index contributed by atoms with van der Waals surface area (Å²) >= 11 is 0. The molecule has 134 valence electrons. The minimum absolute atomic E-state index is 0.172. The van der Waals surface area contributed by atoms with Crippen LogP contribution in [0.2, 0.25) is 0 Å². The van der Waals surface area contributed by atoms with Gasteiger partial charge in [-0.05, 0) is 18.1 Å². The summed E-state index contributed by atoms with van der Waals surface area (Å²) in [6.07, 6.45) is 1.90. The minimum atomic E-state index is 0.172. The molecule has 7 heteroatoms. The number of hydrogen-bond donors (Lipinski definition) is 0. The summed E-state index contributed by atoms with van der Waals surface area (Å²) in [7, 11) is 1.65. The topological polar surface area (TPSA) is 71.7 Å². The maximum atomic E-state index is 12.5. The van der Waals surface area contributed by atoms with Crippen LogP contribution in [0.25, 0.3) is 0 Å². The summed E-state index contributed by atoms with van der Waals surface area (Å²) in [4.78, 5) is 16.4. The number of aryl methyl sites for hydroxylation is 2. The van der Waals surface area contributed by atoms with Crippen molar-refractivity contribution in [1.29, 1.82) is 0 Å². The lowest BCUT2D eigenvalue weighted by molar-refractivity contribution is -0.131. The van der Waals surface area contributed by atoms with Gasteiger partial charge in [-0.3, -0.25) is 4.79 Å². The van der Waals surface area contributed by atoms with E-state index in [9.17, 15) is 4.79 Å². The van der Waals surface area contributed by atoms with E-state index < -0.39 is 0 Å². The van der Waals surface area contributed by atoms with E-state index in [1.807, 2.05) is 41.0 Å². The van der Waals surface area contributed by atoms with E-state index in [2.05, 4.69) is 10.2 Å². The number of rotatable bonds is 6. The number of hydrogen-bond acceptors (Lipinski definition) is 6. The van der Waals surface area contributed by atoms with Crippen LogP contribution in [0.5, 0.6) is 5.75 Å². The number of piperazine rings is 1. The number of anilines is 1. The standard InChI is InChI=1S/C18H24N4O3/c1-3-16-19-20-18(25-16)22-12-10-21(11-13-22)17(23)9-8-14-6-4-5-7-15(14)24-2/h4-7H,3,8-13H2,1-2H3. The molecule has 1 fully saturated rings. The highest BCUT2D eigenvalue weighted by Crippen LogP contribution is 2.20. The third-order valence-electron chi connectivity index (χ3n) is 4.46. The molecule has 1 aliphatic rings. The van der Waals surface area contributed by atoms with E-state index >= 15 is 0 Å². The van der Waals surface area contributed by atoms with Crippen LogP contribution in [0, 0.1) is 0 Å². The van der Waals surface area contributed by atoms with Crippen LogP contribution in [0.15, 0.2) is 28.7 Å². The van der Waals surface area contributed by atoms with Crippen LogP contribution in [0.3, 0.4) is 0 Å². The maximum Gasteiger partial charge on any atom is 0.318 e. The number of carbonyl (C=O) groups excluding carboxylic acids is 1. The smallest absolute Gasteiger partial charge is 0.318 e. The molecule has 1 amide bonds. The van der Waals surface area contributed by atoms with Crippen molar-refractivity contribution < 1.29 is 13.9 Å². The molecule has 0 radical (unpaired) electrons. The van der Waals surface area contributed by atoms with Crippen LogP contribution >= 0.6 is 0 Å². The Balaban J connectivity index is 1.49. The van der Waals surface area contributed by atoms with Crippen LogP contribution in [0.4, 0.5) is 6.01 Å². The Labute approximate surface area is 147 Å². The fourth-order valence-corrected chi connectivity index (χ4v) is 2.97. The molecule has 1 aromatic heterocycles. The lowest BCUT2D eigenvalue weighted by Gasteiger charge is -2.33. The van der Waals surface area contributed by atoms with E-state index in [-0.39, 0.29) is 5.91 Å². The number of aromatic nitrogens is 2. The highest BCUT2D eigenvalue weighted by molar-refractivity contribution is 5.76. The van der Waals surface area contributed by atoms with Crippen molar-refractivity contribution in [2.75, 3.05) is 38.2 Å². The minimum Gasteiger partial charge on any atom is -0.496 e. The van der Waals surface area contributed by atoms with Crippen molar-refractivity contribution in [3.8, 4) is 5.75 Å². The molecule has 0 spiro atoms. The van der Waals surface area contributed by atoms with Gasteiger partial charge in [-0.15, -0.1) is 5.10 Å². The van der Waals surface area contributed by atoms with Gasteiger partial charge < -0.3 is 19.0 Å². The van der Waals surface area contributed by atoms with Gasteiger partial charge >= 0.3 is 6.01 Å². The van der Waals surface area contributed by atoms with E-state index in [1.54, 1.807) is 7.11 Å². The Kier molecular flexibility index (Phi) is 5.53. The van der Waals surface area contributed by atoms with Gasteiger partial charge in [0.25, 0.3) is 0 Å². The molecule has 0 bridgehead atoms. The van der Waals surface area contributed by atoms with Crippen LogP contribution < -0.4 is 9.64 Å². The normalized spacial score (nSPS) is 14.6. The van der Waals surface area contributed by atoms with Gasteiger partial charge in [-0.1, -0.05) is 30.2 Å². The summed E-state index contributed by atoms with van der Waals surface area (Å²) < 4.78 is 10.9. The number of benzene rings is 1. The zero-order chi connectivity index (χ0) is 17.6. The van der Waals surface area contributed by atoms with Crippen molar-refractivity contribution in [1.82, 2.24) is 15.1 Å². The first kappa shape index (κ1) is 17.3. The SMILES string of the molecule is CCc1nnc(N2CCN(C(=O)CCc3ccccc3OC)CC2)o1. The average Bonchev–Trinajstić information content (AvgIpc) is 3.15. The van der Waals surface area contributed by atoms with E-state index in [0.717, 1.165) is 17.7 Å². The Morgan fingerprint density at radius 1 is 1.20 bits per heavy atom. The van der Waals surface area contributed by atoms with Gasteiger partial charge in [-0.25, -0.2) is 0 Å². The molecule has 1 saturated heterocycles. The zero-order valence-electron chi connectivity index (χ0n) is 14.8. The van der Waals surface area contributed by atoms with Crippen LogP contribution in [-0.4, -0.2) is 54.3 Å². The fourth-order valence-electron chi connectivity index (χ4n) is 2.97. The molecule has 0 saturated carbocycles. The highest BCUT2D eigenvalue weighted by Gasteiger charge is 2.24. The number of methoxy groups -OCH3 is 1. The van der Waals surface area contributed by atoms with Gasteiger partial charge in [0.15, 0.2) is 0 Å². The fraction of sp³-hybridized carbons (Fsp3) is 0.500. The lowest BCUT2D eigenvalue weighted by atomic mass is 10.1. The number of ether oxygens (including phenoxy) is 1. The number of para-hydroxylation sites is 1. The maximum absolute atomic E-state index is 12.5. The number of carbonyl (C=O) groups is 1. The summed E-state index contributed by atoms with van der Waals surface area (Å²) in [5.41, 5.74) is 1.06. The first-order valence-corrected chi connectivity index (χ1v) is 8.68. The molecular formula is C18H24N4O3. The zero-order valence-corrected chi connectivity index (χ0v) is 14.8. The molecular weight excluding hydrogens is 320 g/mol. The van der Waals surface area contributed by atoms with Crippen molar-refractivity contribution in [2.24, 2.45) is 0 Å². The van der Waals surface area contributed by atoms with Crippen LogP contribution in [-0.2, 0) is 17.6 Å². The quantitative estimate of drug-likeness (QED) is 0.797. The third kappa shape index (κ3) is 4.10. The monoisotopic (exact) mass is 344 g/mol. The summed E-state index contributed by atoms with van der Waals surface area (Å²) in [6.45, 7) is 4.76. The van der Waals surface area contributed by atoms with Crippen molar-refractivity contribution in [2.45, 2.75) is 26.2 Å². The molecule has 1 aromatic carbocycles. The number of nitrogens with zero attached hydrogens (tertiary/aromatic N) is 4. The second kappa shape index (κ2) is 8.00. The molecule has 1 aliphatic heterocycles. The summed E-state index contributed by atoms with van der Waals surface area (Å²) in [5, 5.41) is 8.06. The van der Waals surface area contributed by atoms with Gasteiger partial charge in [0.2, 0.25) is 11.8 Å². The van der Waals surface area contributed by atoms with Gasteiger partial charge in [0, 0.05) is 39.0 Å². The summed E-state index contributed by atoms with van der Waals surface area (Å²) in [6, 6.07) is 8.39. The summed E-state index contributed by atoms with van der Waals surface area (Å²) in [5.74, 6) is 1.65. The lowest BCUT2D eigenvalue weighted by Crippen LogP contribution is -2.49. The van der Waals surface area contributed by atoms with Gasteiger partial charge in [0.05, 0.1) is 7.11 Å². The van der Waals surface area contributed by atoms with Crippen molar-refractivity contribution in [3.63, 3.8) is 0 Å². The Hall–Kier alpha value is -2.57. The molecule has 2 heterocycles. The largest absolute Gasteiger partial charge is 0.496 e. The van der Waals surface area contributed by atoms with Gasteiger partial charge in [-0.2, -0.15) is 0 Å². The van der Waals surface area contributed by atoms with E-state index in [1.165, 1.54) is 0 Å². The molecule has 0 unspecified atom stereocenters. The van der Waals surface area contributed by atoms with E-state index in [0.29, 0.717) is 50.9 Å². The van der Waals surface area contributed by atoms with Crippen molar-refractivity contribution >= 4 is 11.9 Å². The first-order chi connectivity index (χ1) is 12.2. The highest BCUT2D eigenvalue weighted by atomic mass is 16.5. The molecule has 7 nitrogen and oxygen atoms in total. The Bertz CT molecular complexity index is 708. The molecule has 0 atom stereocenters. The van der Waals surface area contributed by atoms with E-state index in [4.69, 9.17) is 9.15 Å². The number of amides is 1. The Morgan fingerprint density at radius 3 is 2.64 bits per heavy atom. The second-order valence-electron chi connectivity index (χ2n) is 6.01. The predicted octanol–water partition coefficient (Wildman–Crippen LogP) is 1.92. The Morgan fingerprint density at radius 2 is 1.96 bits per heavy atom. The van der Waals surface area contributed by atoms with Gasteiger partial charge in [0.1, 0.15) is 5.75 Å². The first-order valence-electron chi connectivity index (χ1n) is 8.68. The third-order valence-corrected chi connectivity index (χ3v) is 4.46. The molecule has 25 heavy (non-hydrogen) atoms. The predicted molar refractivity (Wildman–Crippen MR) is 93.8 cm³/mol. The average molecular weight is 344 g/mol. The molecule has 2 aromatic rings. The molecule has 3 rings (SSSR count). The molecule has 0 N–H and O–H groups in total.